The third kappa shape index (κ3) is 3.91. The molecule has 0 spiro atoms. The lowest BCUT2D eigenvalue weighted by Crippen LogP contribution is -2.38. The van der Waals surface area contributed by atoms with E-state index < -0.39 is 0 Å². The van der Waals surface area contributed by atoms with Gasteiger partial charge in [0.05, 0.1) is 23.0 Å². The summed E-state index contributed by atoms with van der Waals surface area (Å²) in [6.07, 6.45) is 9.12. The quantitative estimate of drug-likeness (QED) is 0.843. The largest absolute Gasteiger partial charge is 0.337 e. The van der Waals surface area contributed by atoms with E-state index in [0.717, 1.165) is 56.3 Å². The Balaban J connectivity index is 1.72. The SMILES string of the molecule is CCc1c(C(=O)N2CCCN(C3CCCC3)CC2)cnn1C(C)(C)C. The zero-order chi connectivity index (χ0) is 18.0. The lowest BCUT2D eigenvalue weighted by molar-refractivity contribution is 0.0756. The van der Waals surface area contributed by atoms with Crippen molar-refractivity contribution in [2.45, 2.75) is 77.8 Å². The van der Waals surface area contributed by atoms with Crippen LogP contribution in [0.25, 0.3) is 0 Å². The standard InChI is InChI=1S/C20H34N4O/c1-5-18-17(15-21-24(18)20(2,3)4)19(25)23-12-8-11-22(13-14-23)16-9-6-7-10-16/h15-16H,5-14H2,1-4H3. The van der Waals surface area contributed by atoms with Crippen molar-refractivity contribution in [1.82, 2.24) is 19.6 Å². The van der Waals surface area contributed by atoms with Gasteiger partial charge in [-0.15, -0.1) is 0 Å². The summed E-state index contributed by atoms with van der Waals surface area (Å²) >= 11 is 0. The second-order valence-electron chi connectivity index (χ2n) is 8.56. The van der Waals surface area contributed by atoms with Crippen molar-refractivity contribution in [3.8, 4) is 0 Å². The highest BCUT2D eigenvalue weighted by atomic mass is 16.2. The van der Waals surface area contributed by atoms with Gasteiger partial charge in [-0.25, -0.2) is 0 Å². The number of amides is 1. The van der Waals surface area contributed by atoms with Crippen LogP contribution in [0.2, 0.25) is 0 Å². The first-order valence-electron chi connectivity index (χ1n) is 10.0. The fourth-order valence-electron chi connectivity index (χ4n) is 4.42. The minimum atomic E-state index is -0.0953. The minimum absolute atomic E-state index is 0.0953. The highest BCUT2D eigenvalue weighted by molar-refractivity contribution is 5.95. The number of aromatic nitrogens is 2. The molecule has 0 aromatic carbocycles. The number of nitrogens with zero attached hydrogens (tertiary/aromatic N) is 4. The van der Waals surface area contributed by atoms with Crippen LogP contribution in [0, 0.1) is 0 Å². The number of hydrogen-bond acceptors (Lipinski definition) is 3. The molecule has 0 N–H and O–H groups in total. The highest BCUT2D eigenvalue weighted by Crippen LogP contribution is 2.25. The lowest BCUT2D eigenvalue weighted by atomic mass is 10.1. The molecule has 0 radical (unpaired) electrons. The maximum Gasteiger partial charge on any atom is 0.257 e. The molecule has 5 nitrogen and oxygen atoms in total. The first-order chi connectivity index (χ1) is 11.9. The molecule has 2 heterocycles. The summed E-state index contributed by atoms with van der Waals surface area (Å²) in [6, 6.07) is 0.755. The van der Waals surface area contributed by atoms with Crippen molar-refractivity contribution in [1.29, 1.82) is 0 Å². The monoisotopic (exact) mass is 346 g/mol. The van der Waals surface area contributed by atoms with Crippen LogP contribution in [0.15, 0.2) is 6.20 Å². The molecule has 1 saturated carbocycles. The molecular weight excluding hydrogens is 312 g/mol. The van der Waals surface area contributed by atoms with Crippen LogP contribution in [0.3, 0.4) is 0 Å². The van der Waals surface area contributed by atoms with E-state index in [1.165, 1.54) is 25.7 Å². The van der Waals surface area contributed by atoms with E-state index in [1.54, 1.807) is 6.20 Å². The molecule has 1 amide bonds. The number of carbonyl (C=O) groups excluding carboxylic acids is 1. The smallest absolute Gasteiger partial charge is 0.257 e. The third-order valence-electron chi connectivity index (χ3n) is 5.73. The van der Waals surface area contributed by atoms with Gasteiger partial charge in [0.25, 0.3) is 5.91 Å². The van der Waals surface area contributed by atoms with Crippen molar-refractivity contribution < 1.29 is 4.79 Å². The van der Waals surface area contributed by atoms with E-state index in [1.807, 2.05) is 4.68 Å². The summed E-state index contributed by atoms with van der Waals surface area (Å²) in [7, 11) is 0. The molecule has 25 heavy (non-hydrogen) atoms. The highest BCUT2D eigenvalue weighted by Gasteiger charge is 2.29. The molecule has 1 aliphatic heterocycles. The van der Waals surface area contributed by atoms with Gasteiger partial charge < -0.3 is 4.90 Å². The van der Waals surface area contributed by atoms with Crippen LogP contribution >= 0.6 is 0 Å². The van der Waals surface area contributed by atoms with Crippen molar-refractivity contribution in [2.75, 3.05) is 26.2 Å². The Morgan fingerprint density at radius 1 is 1.12 bits per heavy atom. The molecule has 1 aromatic heterocycles. The zero-order valence-corrected chi connectivity index (χ0v) is 16.4. The van der Waals surface area contributed by atoms with Gasteiger partial charge in [0.15, 0.2) is 0 Å². The molecule has 1 aromatic rings. The Bertz CT molecular complexity index is 595. The van der Waals surface area contributed by atoms with Crippen LogP contribution in [-0.4, -0.2) is 57.7 Å². The summed E-state index contributed by atoms with van der Waals surface area (Å²) in [5, 5.41) is 4.53. The van der Waals surface area contributed by atoms with Gasteiger partial charge in [0, 0.05) is 32.2 Å². The summed E-state index contributed by atoms with van der Waals surface area (Å²) in [4.78, 5) is 17.8. The lowest BCUT2D eigenvalue weighted by Gasteiger charge is -2.27. The molecule has 2 fully saturated rings. The predicted molar refractivity (Wildman–Crippen MR) is 101 cm³/mol. The fourth-order valence-corrected chi connectivity index (χ4v) is 4.42. The summed E-state index contributed by atoms with van der Waals surface area (Å²) < 4.78 is 2.02. The van der Waals surface area contributed by atoms with Crippen LogP contribution in [0.4, 0.5) is 0 Å². The molecule has 0 atom stereocenters. The summed E-state index contributed by atoms with van der Waals surface area (Å²) in [6.45, 7) is 12.4. The molecule has 0 unspecified atom stereocenters. The van der Waals surface area contributed by atoms with E-state index in [-0.39, 0.29) is 11.4 Å². The molecule has 140 valence electrons. The van der Waals surface area contributed by atoms with E-state index in [0.29, 0.717) is 0 Å². The topological polar surface area (TPSA) is 41.4 Å². The van der Waals surface area contributed by atoms with Crippen molar-refractivity contribution in [3.63, 3.8) is 0 Å². The zero-order valence-electron chi connectivity index (χ0n) is 16.4. The maximum atomic E-state index is 13.2. The molecule has 1 aliphatic carbocycles. The van der Waals surface area contributed by atoms with Gasteiger partial charge in [-0.2, -0.15) is 5.10 Å². The van der Waals surface area contributed by atoms with E-state index in [4.69, 9.17) is 0 Å². The van der Waals surface area contributed by atoms with E-state index in [9.17, 15) is 4.79 Å². The van der Waals surface area contributed by atoms with E-state index >= 15 is 0 Å². The average molecular weight is 347 g/mol. The second kappa shape index (κ2) is 7.48. The molecule has 5 heteroatoms. The van der Waals surface area contributed by atoms with Gasteiger partial charge >= 0.3 is 0 Å². The minimum Gasteiger partial charge on any atom is -0.337 e. The number of rotatable bonds is 3. The molecule has 2 aliphatic rings. The first-order valence-corrected chi connectivity index (χ1v) is 10.0. The number of hydrogen-bond donors (Lipinski definition) is 0. The van der Waals surface area contributed by atoms with Gasteiger partial charge in [0.2, 0.25) is 0 Å². The first kappa shape index (κ1) is 18.4. The Morgan fingerprint density at radius 2 is 1.84 bits per heavy atom. The van der Waals surface area contributed by atoms with Crippen LogP contribution in [-0.2, 0) is 12.0 Å². The van der Waals surface area contributed by atoms with Gasteiger partial charge in [-0.1, -0.05) is 19.8 Å². The van der Waals surface area contributed by atoms with Crippen molar-refractivity contribution in [3.05, 3.63) is 17.5 Å². The maximum absolute atomic E-state index is 13.2. The van der Waals surface area contributed by atoms with Crippen LogP contribution < -0.4 is 0 Å². The summed E-state index contributed by atoms with van der Waals surface area (Å²) in [5.74, 6) is 0.167. The fraction of sp³-hybridized carbons (Fsp3) is 0.800. The van der Waals surface area contributed by atoms with Crippen molar-refractivity contribution >= 4 is 5.91 Å². The molecule has 3 rings (SSSR count). The molecule has 1 saturated heterocycles. The molecule has 0 bridgehead atoms. The molecular formula is C20H34N4O. The second-order valence-corrected chi connectivity index (χ2v) is 8.56. The Hall–Kier alpha value is -1.36. The average Bonchev–Trinajstić information content (AvgIpc) is 3.18. The Morgan fingerprint density at radius 3 is 2.48 bits per heavy atom. The van der Waals surface area contributed by atoms with E-state index in [2.05, 4.69) is 42.6 Å². The van der Waals surface area contributed by atoms with Crippen LogP contribution in [0.1, 0.15) is 75.9 Å². The Labute approximate surface area is 152 Å². The predicted octanol–water partition coefficient (Wildman–Crippen LogP) is 3.29. The summed E-state index contributed by atoms with van der Waals surface area (Å²) in [5.41, 5.74) is 1.77. The Kier molecular flexibility index (Phi) is 5.52. The number of carbonyl (C=O) groups is 1. The van der Waals surface area contributed by atoms with Gasteiger partial charge in [-0.05, 0) is 46.5 Å². The van der Waals surface area contributed by atoms with Gasteiger partial charge in [0.1, 0.15) is 0 Å². The van der Waals surface area contributed by atoms with Gasteiger partial charge in [-0.3, -0.25) is 14.4 Å². The normalized spacial score (nSPS) is 20.9. The van der Waals surface area contributed by atoms with Crippen molar-refractivity contribution in [2.24, 2.45) is 0 Å². The third-order valence-corrected chi connectivity index (χ3v) is 5.73. The van der Waals surface area contributed by atoms with Crippen LogP contribution in [0.5, 0.6) is 0 Å².